The molecule has 0 aliphatic carbocycles. The number of hydrogen-bond donors (Lipinski definition) is 1. The van der Waals surface area contributed by atoms with Gasteiger partial charge in [0.15, 0.2) is 0 Å². The fraction of sp³-hybridized carbons (Fsp3) is 0.0741. The number of phenolic OH excluding ortho intramolecular Hbond substituents is 1. The van der Waals surface area contributed by atoms with Crippen molar-refractivity contribution in [3.8, 4) is 28.4 Å². The van der Waals surface area contributed by atoms with Crippen molar-refractivity contribution < 1.29 is 5.11 Å². The maximum atomic E-state index is 13.8. The molecule has 0 atom stereocenters. The lowest BCUT2D eigenvalue weighted by atomic mass is 10.1. The van der Waals surface area contributed by atoms with Crippen LogP contribution in [0.2, 0.25) is 0 Å². The third kappa shape index (κ3) is 4.27. The molecule has 3 aromatic carbocycles. The molecule has 0 unspecified atom stereocenters. The van der Waals surface area contributed by atoms with Gasteiger partial charge in [0.25, 0.3) is 5.56 Å². The first-order valence-electron chi connectivity index (χ1n) is 11.0. The number of aromatic nitrogens is 3. The standard InChI is InChI=1S/C27H23N5O2S/c1-19-25(26(34)32(30(19)2)22-11-7-4-8-12-22)31-24(21-9-5-3-6-10-21)18-35-27(31)29-28-17-20-13-15-23(33)16-14-20/h3-18,33H,1-2H3/b28-17-,29-27+. The van der Waals surface area contributed by atoms with Crippen LogP contribution in [0.1, 0.15) is 11.3 Å². The molecule has 0 radical (unpaired) electrons. The van der Waals surface area contributed by atoms with E-state index in [9.17, 15) is 9.90 Å². The van der Waals surface area contributed by atoms with Crippen molar-refractivity contribution in [1.82, 2.24) is 13.9 Å². The van der Waals surface area contributed by atoms with Gasteiger partial charge in [0.05, 0.1) is 23.3 Å². The predicted molar refractivity (Wildman–Crippen MR) is 140 cm³/mol. The van der Waals surface area contributed by atoms with Gasteiger partial charge in [-0.3, -0.25) is 14.0 Å². The molecule has 174 valence electrons. The zero-order valence-electron chi connectivity index (χ0n) is 19.2. The molecule has 0 bridgehead atoms. The zero-order valence-corrected chi connectivity index (χ0v) is 20.1. The largest absolute Gasteiger partial charge is 0.508 e. The third-order valence-corrected chi connectivity index (χ3v) is 6.58. The zero-order chi connectivity index (χ0) is 24.4. The van der Waals surface area contributed by atoms with Crippen molar-refractivity contribution in [3.05, 3.63) is 117 Å². The van der Waals surface area contributed by atoms with Gasteiger partial charge in [-0.05, 0) is 54.4 Å². The van der Waals surface area contributed by atoms with Crippen LogP contribution >= 0.6 is 11.3 Å². The lowest BCUT2D eigenvalue weighted by molar-refractivity contribution is 0.475. The Balaban J connectivity index is 1.72. The third-order valence-electron chi connectivity index (χ3n) is 5.77. The first kappa shape index (κ1) is 22.4. The van der Waals surface area contributed by atoms with Crippen molar-refractivity contribution in [3.63, 3.8) is 0 Å². The highest BCUT2D eigenvalue weighted by atomic mass is 32.1. The Morgan fingerprint density at radius 1 is 0.914 bits per heavy atom. The average molecular weight is 482 g/mol. The van der Waals surface area contributed by atoms with E-state index in [2.05, 4.69) is 10.2 Å². The van der Waals surface area contributed by atoms with Gasteiger partial charge in [0.2, 0.25) is 4.80 Å². The van der Waals surface area contributed by atoms with Gasteiger partial charge in [0.1, 0.15) is 11.4 Å². The topological polar surface area (TPSA) is 76.8 Å². The molecule has 0 amide bonds. The van der Waals surface area contributed by atoms with Crippen LogP contribution in [0, 0.1) is 6.92 Å². The number of benzene rings is 3. The quantitative estimate of drug-likeness (QED) is 0.293. The van der Waals surface area contributed by atoms with Crippen molar-refractivity contribution in [2.45, 2.75) is 6.92 Å². The first-order chi connectivity index (χ1) is 17.0. The highest BCUT2D eigenvalue weighted by Crippen LogP contribution is 2.24. The lowest BCUT2D eigenvalue weighted by Crippen LogP contribution is -2.24. The summed E-state index contributed by atoms with van der Waals surface area (Å²) in [6, 6.07) is 26.2. The Bertz CT molecular complexity index is 1620. The van der Waals surface area contributed by atoms with Gasteiger partial charge >= 0.3 is 0 Å². The highest BCUT2D eigenvalue weighted by molar-refractivity contribution is 7.07. The van der Waals surface area contributed by atoms with Crippen molar-refractivity contribution in [1.29, 1.82) is 0 Å². The molecular weight excluding hydrogens is 458 g/mol. The van der Waals surface area contributed by atoms with Crippen LogP contribution in [0.4, 0.5) is 0 Å². The molecule has 5 aromatic rings. The molecule has 8 heteroatoms. The van der Waals surface area contributed by atoms with Crippen molar-refractivity contribution >= 4 is 17.6 Å². The van der Waals surface area contributed by atoms with Crippen LogP contribution in [0.5, 0.6) is 5.75 Å². The lowest BCUT2D eigenvalue weighted by Gasteiger charge is -2.08. The molecule has 0 saturated heterocycles. The molecule has 5 rings (SSSR count). The predicted octanol–water partition coefficient (Wildman–Crippen LogP) is 4.64. The fourth-order valence-corrected chi connectivity index (χ4v) is 4.77. The Labute approximate surface area is 205 Å². The molecule has 0 aliphatic rings. The minimum Gasteiger partial charge on any atom is -0.508 e. The van der Waals surface area contributed by atoms with Crippen LogP contribution in [-0.2, 0) is 7.05 Å². The number of hydrogen-bond acceptors (Lipinski definition) is 5. The number of para-hydroxylation sites is 1. The van der Waals surface area contributed by atoms with Gasteiger partial charge < -0.3 is 5.11 Å². The summed E-state index contributed by atoms with van der Waals surface area (Å²) in [6.07, 6.45) is 1.62. The average Bonchev–Trinajstić information content (AvgIpc) is 3.39. The Hall–Kier alpha value is -4.43. The molecule has 2 aromatic heterocycles. The fourth-order valence-electron chi connectivity index (χ4n) is 3.92. The molecule has 0 saturated carbocycles. The summed E-state index contributed by atoms with van der Waals surface area (Å²) in [5.74, 6) is 0.192. The molecule has 0 spiro atoms. The normalized spacial score (nSPS) is 12.0. The van der Waals surface area contributed by atoms with E-state index in [1.807, 2.05) is 89.3 Å². The summed E-state index contributed by atoms with van der Waals surface area (Å²) >= 11 is 1.42. The number of phenols is 1. The second-order valence-corrected chi connectivity index (χ2v) is 8.79. The van der Waals surface area contributed by atoms with Crippen LogP contribution in [0.3, 0.4) is 0 Å². The molecule has 35 heavy (non-hydrogen) atoms. The van der Waals surface area contributed by atoms with Gasteiger partial charge in [-0.2, -0.15) is 5.10 Å². The summed E-state index contributed by atoms with van der Waals surface area (Å²) < 4.78 is 5.40. The molecule has 1 N–H and O–H groups in total. The second-order valence-electron chi connectivity index (χ2n) is 7.95. The van der Waals surface area contributed by atoms with Gasteiger partial charge in [-0.25, -0.2) is 4.68 Å². The number of thiazole rings is 1. The van der Waals surface area contributed by atoms with E-state index < -0.39 is 0 Å². The minimum atomic E-state index is -0.143. The summed E-state index contributed by atoms with van der Waals surface area (Å²) in [6.45, 7) is 1.93. The van der Waals surface area contributed by atoms with E-state index in [1.54, 1.807) is 35.2 Å². The molecule has 0 fully saturated rings. The van der Waals surface area contributed by atoms with Gasteiger partial charge in [-0.15, -0.1) is 16.4 Å². The summed E-state index contributed by atoms with van der Waals surface area (Å²) in [7, 11) is 1.88. The van der Waals surface area contributed by atoms with E-state index in [0.717, 1.165) is 28.2 Å². The molecule has 0 aliphatic heterocycles. The van der Waals surface area contributed by atoms with E-state index in [0.29, 0.717) is 10.5 Å². The van der Waals surface area contributed by atoms with Crippen LogP contribution in [0.15, 0.2) is 105 Å². The Morgan fingerprint density at radius 2 is 1.57 bits per heavy atom. The summed E-state index contributed by atoms with van der Waals surface area (Å²) in [5, 5.41) is 20.2. The number of rotatable bonds is 5. The van der Waals surface area contributed by atoms with Crippen molar-refractivity contribution in [2.75, 3.05) is 0 Å². The smallest absolute Gasteiger partial charge is 0.296 e. The van der Waals surface area contributed by atoms with Crippen LogP contribution in [0.25, 0.3) is 22.6 Å². The van der Waals surface area contributed by atoms with E-state index >= 15 is 0 Å². The minimum absolute atomic E-state index is 0.143. The van der Waals surface area contributed by atoms with Gasteiger partial charge in [-0.1, -0.05) is 48.5 Å². The molecule has 7 nitrogen and oxygen atoms in total. The van der Waals surface area contributed by atoms with E-state index in [4.69, 9.17) is 0 Å². The van der Waals surface area contributed by atoms with Crippen LogP contribution < -0.4 is 10.4 Å². The van der Waals surface area contributed by atoms with E-state index in [1.165, 1.54) is 11.3 Å². The Kier molecular flexibility index (Phi) is 6.03. The maximum Gasteiger partial charge on any atom is 0.296 e. The number of nitrogens with zero attached hydrogens (tertiary/aromatic N) is 5. The molecular formula is C27H23N5O2S. The van der Waals surface area contributed by atoms with E-state index in [-0.39, 0.29) is 11.3 Å². The summed E-state index contributed by atoms with van der Waals surface area (Å²) in [4.78, 5) is 14.4. The SMILES string of the molecule is Cc1c(-n2c(-c3ccccc3)cs/c2=N/N=C\c2ccc(O)cc2)c(=O)n(-c2ccccc2)n1C. The maximum absolute atomic E-state index is 13.8. The van der Waals surface area contributed by atoms with Crippen molar-refractivity contribution in [2.24, 2.45) is 17.3 Å². The van der Waals surface area contributed by atoms with Crippen LogP contribution in [-0.4, -0.2) is 25.3 Å². The summed E-state index contributed by atoms with van der Waals surface area (Å²) in [5.41, 5.74) is 4.61. The molecule has 2 heterocycles. The monoisotopic (exact) mass is 481 g/mol. The Morgan fingerprint density at radius 3 is 2.26 bits per heavy atom. The second kappa shape index (κ2) is 9.44. The van der Waals surface area contributed by atoms with Gasteiger partial charge in [0, 0.05) is 12.4 Å². The first-order valence-corrected chi connectivity index (χ1v) is 11.9. The number of aromatic hydroxyl groups is 1. The highest BCUT2D eigenvalue weighted by Gasteiger charge is 2.21.